The number of Topliss-reactive ketones (excluding diaryl/α,β-unsaturated/α-hetero) is 1. The number of imidazole rings is 1. The van der Waals surface area contributed by atoms with Crippen molar-refractivity contribution in [1.29, 1.82) is 5.26 Å². The second-order valence-corrected chi connectivity index (χ2v) is 11.3. The molecular formula is C30H28F3N7O3. The zero-order chi connectivity index (χ0) is 30.2. The van der Waals surface area contributed by atoms with E-state index >= 15 is 0 Å². The van der Waals surface area contributed by atoms with Crippen molar-refractivity contribution >= 4 is 17.5 Å². The Labute approximate surface area is 244 Å². The van der Waals surface area contributed by atoms with Gasteiger partial charge in [-0.3, -0.25) is 9.48 Å². The van der Waals surface area contributed by atoms with Crippen molar-refractivity contribution < 1.29 is 27.5 Å². The van der Waals surface area contributed by atoms with Crippen molar-refractivity contribution in [3.05, 3.63) is 60.7 Å². The van der Waals surface area contributed by atoms with Gasteiger partial charge in [-0.15, -0.1) is 0 Å². The Hall–Kier alpha value is -4.73. The summed E-state index contributed by atoms with van der Waals surface area (Å²) in [5.41, 5.74) is 3.46. The van der Waals surface area contributed by atoms with Crippen LogP contribution in [0.3, 0.4) is 0 Å². The van der Waals surface area contributed by atoms with Crippen LogP contribution in [-0.2, 0) is 21.5 Å². The molecule has 1 aliphatic heterocycles. The van der Waals surface area contributed by atoms with Gasteiger partial charge in [-0.05, 0) is 36.5 Å². The highest BCUT2D eigenvalue weighted by molar-refractivity contribution is 5.81. The summed E-state index contributed by atoms with van der Waals surface area (Å²) in [6, 6.07) is 11.1. The standard InChI is InChI=1S/C30H28F3N7O3/c31-30(32,33)7-6-25(41)11-21-2-1-3-22(10-21)26-15-35-27-12-23(13-37-40(26)27)24-14-36-39(16-24)29(8-9-34)18-38(19-29)28(42)43-17-20-4-5-20/h1-3,10,12-16,20H,4-8,11,17-19H2. The topological polar surface area (TPSA) is 118 Å². The minimum Gasteiger partial charge on any atom is -0.449 e. The zero-order valence-corrected chi connectivity index (χ0v) is 23.1. The number of amides is 1. The molecule has 3 aromatic heterocycles. The second-order valence-electron chi connectivity index (χ2n) is 11.3. The van der Waals surface area contributed by atoms with Gasteiger partial charge >= 0.3 is 12.3 Å². The van der Waals surface area contributed by atoms with Crippen LogP contribution in [0.1, 0.15) is 37.7 Å². The number of ketones is 1. The maximum atomic E-state index is 12.5. The molecule has 4 heterocycles. The summed E-state index contributed by atoms with van der Waals surface area (Å²) in [5, 5.41) is 18.6. The van der Waals surface area contributed by atoms with Gasteiger partial charge in [0, 0.05) is 35.7 Å². The molecule has 10 nitrogen and oxygen atoms in total. The number of nitriles is 1. The minimum absolute atomic E-state index is 0.0884. The summed E-state index contributed by atoms with van der Waals surface area (Å²) in [6.45, 7) is 1.10. The van der Waals surface area contributed by atoms with Crippen LogP contribution in [0.2, 0.25) is 0 Å². The van der Waals surface area contributed by atoms with E-state index in [9.17, 15) is 28.0 Å². The van der Waals surface area contributed by atoms with Crippen LogP contribution in [-0.4, -0.2) is 67.0 Å². The lowest BCUT2D eigenvalue weighted by Crippen LogP contribution is -2.64. The number of alkyl halides is 3. The Morgan fingerprint density at radius 3 is 2.60 bits per heavy atom. The van der Waals surface area contributed by atoms with Crippen LogP contribution in [0.15, 0.2) is 55.1 Å². The van der Waals surface area contributed by atoms with Crippen LogP contribution >= 0.6 is 0 Å². The van der Waals surface area contributed by atoms with E-state index in [4.69, 9.17) is 4.74 Å². The molecule has 0 spiro atoms. The van der Waals surface area contributed by atoms with E-state index in [1.807, 2.05) is 18.3 Å². The van der Waals surface area contributed by atoms with Crippen molar-refractivity contribution in [3.63, 3.8) is 0 Å². The largest absolute Gasteiger partial charge is 0.449 e. The fraction of sp³-hybridized carbons (Fsp3) is 0.400. The molecule has 2 fully saturated rings. The highest BCUT2D eigenvalue weighted by Gasteiger charge is 2.48. The molecule has 1 saturated carbocycles. The lowest BCUT2D eigenvalue weighted by Gasteiger charge is -2.48. The first kappa shape index (κ1) is 28.4. The molecule has 1 aliphatic carbocycles. The van der Waals surface area contributed by atoms with E-state index < -0.39 is 30.3 Å². The summed E-state index contributed by atoms with van der Waals surface area (Å²) >= 11 is 0. The molecule has 2 aliphatic rings. The average molecular weight is 592 g/mol. The number of ether oxygens (including phenoxy) is 1. The number of halogens is 3. The van der Waals surface area contributed by atoms with Gasteiger partial charge in [0.25, 0.3) is 0 Å². The van der Waals surface area contributed by atoms with E-state index in [1.54, 1.807) is 50.9 Å². The minimum atomic E-state index is -4.36. The number of likely N-dealkylation sites (tertiary alicyclic amines) is 1. The van der Waals surface area contributed by atoms with Crippen molar-refractivity contribution in [2.24, 2.45) is 5.92 Å². The van der Waals surface area contributed by atoms with E-state index in [0.29, 0.717) is 42.5 Å². The van der Waals surface area contributed by atoms with Crippen molar-refractivity contribution in [2.75, 3.05) is 19.7 Å². The summed E-state index contributed by atoms with van der Waals surface area (Å²) in [5.74, 6) is -0.00381. The number of benzene rings is 1. The van der Waals surface area contributed by atoms with Crippen molar-refractivity contribution in [1.82, 2.24) is 29.3 Å². The fourth-order valence-electron chi connectivity index (χ4n) is 5.24. The number of carbonyl (C=O) groups excluding carboxylic acids is 2. The third-order valence-corrected chi connectivity index (χ3v) is 7.85. The van der Waals surface area contributed by atoms with Gasteiger partial charge in [0.15, 0.2) is 5.65 Å². The third kappa shape index (κ3) is 6.23. The molecule has 4 aromatic rings. The van der Waals surface area contributed by atoms with Crippen LogP contribution in [0, 0.1) is 17.2 Å². The Bertz CT molecular complexity index is 1710. The number of nitrogens with zero attached hydrogens (tertiary/aromatic N) is 7. The molecule has 1 saturated heterocycles. The zero-order valence-electron chi connectivity index (χ0n) is 23.1. The van der Waals surface area contributed by atoms with Crippen LogP contribution in [0.5, 0.6) is 0 Å². The van der Waals surface area contributed by atoms with Crippen molar-refractivity contribution in [3.8, 4) is 28.5 Å². The van der Waals surface area contributed by atoms with E-state index in [-0.39, 0.29) is 18.9 Å². The molecule has 43 heavy (non-hydrogen) atoms. The average Bonchev–Trinajstić information content (AvgIpc) is 3.48. The summed E-state index contributed by atoms with van der Waals surface area (Å²) in [6.07, 6.45) is 2.71. The predicted molar refractivity (Wildman–Crippen MR) is 147 cm³/mol. The normalized spacial score (nSPS) is 16.1. The van der Waals surface area contributed by atoms with Crippen LogP contribution < -0.4 is 0 Å². The van der Waals surface area contributed by atoms with Crippen LogP contribution in [0.4, 0.5) is 18.0 Å². The Morgan fingerprint density at radius 2 is 1.86 bits per heavy atom. The molecule has 6 rings (SSSR count). The number of aromatic nitrogens is 5. The molecule has 1 amide bonds. The third-order valence-electron chi connectivity index (χ3n) is 7.85. The highest BCUT2D eigenvalue weighted by atomic mass is 19.4. The Balaban J connectivity index is 1.16. The number of hydrogen-bond acceptors (Lipinski definition) is 7. The summed E-state index contributed by atoms with van der Waals surface area (Å²) in [7, 11) is 0. The number of rotatable bonds is 10. The molecular weight excluding hydrogens is 563 g/mol. The first-order valence-corrected chi connectivity index (χ1v) is 14.0. The monoisotopic (exact) mass is 591 g/mol. The maximum absolute atomic E-state index is 12.5. The molecule has 0 bridgehead atoms. The van der Waals surface area contributed by atoms with E-state index in [1.165, 1.54) is 0 Å². The maximum Gasteiger partial charge on any atom is 0.409 e. The van der Waals surface area contributed by atoms with Gasteiger partial charge in [-0.1, -0.05) is 18.2 Å². The molecule has 0 radical (unpaired) electrons. The van der Waals surface area contributed by atoms with Crippen molar-refractivity contribution in [2.45, 2.75) is 50.2 Å². The predicted octanol–water partition coefficient (Wildman–Crippen LogP) is 5.19. The molecule has 0 atom stereocenters. The molecule has 1 aromatic carbocycles. The Kier molecular flexibility index (Phi) is 7.37. The number of carbonyl (C=O) groups is 2. The van der Waals surface area contributed by atoms with E-state index in [0.717, 1.165) is 29.5 Å². The quantitative estimate of drug-likeness (QED) is 0.249. The van der Waals surface area contributed by atoms with Crippen LogP contribution in [0.25, 0.3) is 28.0 Å². The summed E-state index contributed by atoms with van der Waals surface area (Å²) in [4.78, 5) is 30.5. The van der Waals surface area contributed by atoms with Gasteiger partial charge < -0.3 is 9.64 Å². The first-order chi connectivity index (χ1) is 20.6. The lowest BCUT2D eigenvalue weighted by atomic mass is 9.87. The lowest BCUT2D eigenvalue weighted by molar-refractivity contribution is -0.143. The van der Waals surface area contributed by atoms with Gasteiger partial charge in [0.05, 0.1) is 62.9 Å². The van der Waals surface area contributed by atoms with Gasteiger partial charge in [-0.2, -0.15) is 28.6 Å². The second kappa shape index (κ2) is 11.2. The molecule has 222 valence electrons. The van der Waals surface area contributed by atoms with Gasteiger partial charge in [-0.25, -0.2) is 14.3 Å². The van der Waals surface area contributed by atoms with Gasteiger partial charge in [0.2, 0.25) is 0 Å². The van der Waals surface area contributed by atoms with Gasteiger partial charge in [0.1, 0.15) is 11.3 Å². The highest BCUT2D eigenvalue weighted by Crippen LogP contribution is 2.35. The number of fused-ring (bicyclic) bond motifs is 1. The Morgan fingerprint density at radius 1 is 1.07 bits per heavy atom. The number of hydrogen-bond donors (Lipinski definition) is 0. The SMILES string of the molecule is N#CCC1(n2cc(-c3cnn4c(-c5cccc(CC(=O)CCC(F)(F)F)c5)cnc4c3)cn2)CN(C(=O)OCC2CC2)C1. The van der Waals surface area contributed by atoms with E-state index in [2.05, 4.69) is 21.3 Å². The molecule has 13 heteroatoms. The molecule has 0 unspecified atom stereocenters. The summed E-state index contributed by atoms with van der Waals surface area (Å²) < 4.78 is 46.2. The fourth-order valence-corrected chi connectivity index (χ4v) is 5.24. The smallest absolute Gasteiger partial charge is 0.409 e. The molecule has 0 N–H and O–H groups in total. The first-order valence-electron chi connectivity index (χ1n) is 14.0.